The summed E-state index contributed by atoms with van der Waals surface area (Å²) in [6, 6.07) is 2.65. The zero-order valence-electron chi connectivity index (χ0n) is 7.71. The van der Waals surface area contributed by atoms with Gasteiger partial charge in [0.1, 0.15) is 0 Å². The van der Waals surface area contributed by atoms with E-state index < -0.39 is 25.1 Å². The van der Waals surface area contributed by atoms with Crippen LogP contribution in [0.1, 0.15) is 0 Å². The van der Waals surface area contributed by atoms with Gasteiger partial charge in [-0.25, -0.2) is 27.0 Å². The maximum absolute atomic E-state index is 11.0. The topological polar surface area (TPSA) is 119 Å². The molecule has 1 rings (SSSR count). The van der Waals surface area contributed by atoms with Crippen LogP contribution in [0.2, 0.25) is 0 Å². The highest BCUT2D eigenvalue weighted by Crippen LogP contribution is 2.16. The number of sulfonamides is 2. The minimum Gasteiger partial charge on any atom is -0.281 e. The van der Waals surface area contributed by atoms with Crippen LogP contribution < -0.4 is 9.86 Å². The van der Waals surface area contributed by atoms with Crippen LogP contribution in [0.3, 0.4) is 0 Å². The molecule has 0 atom stereocenters. The van der Waals surface area contributed by atoms with E-state index >= 15 is 0 Å². The van der Waals surface area contributed by atoms with E-state index in [1.807, 2.05) is 4.72 Å². The van der Waals surface area contributed by atoms with Crippen LogP contribution in [-0.2, 0) is 20.0 Å². The summed E-state index contributed by atoms with van der Waals surface area (Å²) >= 11 is 0. The summed E-state index contributed by atoms with van der Waals surface area (Å²) < 4.78 is 45.9. The van der Waals surface area contributed by atoms with Crippen molar-refractivity contribution in [1.82, 2.24) is 4.98 Å². The Balaban J connectivity index is 3.32. The quantitative estimate of drug-likeness (QED) is 0.721. The number of pyridine rings is 1. The minimum atomic E-state index is -4.04. The molecule has 0 fully saturated rings. The molecule has 0 unspecified atom stereocenters. The molecule has 0 spiro atoms. The fraction of sp³-hybridized carbons (Fsp3) is 0.167. The summed E-state index contributed by atoms with van der Waals surface area (Å²) in [6.45, 7) is 0. The van der Waals surface area contributed by atoms with Gasteiger partial charge in [-0.3, -0.25) is 4.72 Å². The number of hydrogen-bond acceptors (Lipinski definition) is 5. The van der Waals surface area contributed by atoms with Crippen molar-refractivity contribution in [2.45, 2.75) is 5.03 Å². The molecule has 0 aliphatic heterocycles. The number of anilines is 1. The largest absolute Gasteiger partial charge is 0.281 e. The molecule has 0 aromatic carbocycles. The Labute approximate surface area is 87.4 Å². The van der Waals surface area contributed by atoms with Crippen LogP contribution in [0.15, 0.2) is 23.4 Å². The van der Waals surface area contributed by atoms with Crippen molar-refractivity contribution in [3.8, 4) is 0 Å². The number of nitrogens with one attached hydrogen (secondary N) is 1. The molecule has 15 heavy (non-hydrogen) atoms. The van der Waals surface area contributed by atoms with Gasteiger partial charge in [-0.2, -0.15) is 0 Å². The van der Waals surface area contributed by atoms with Gasteiger partial charge in [0.15, 0.2) is 5.03 Å². The second kappa shape index (κ2) is 3.76. The molecule has 84 valence electrons. The Morgan fingerprint density at radius 1 is 1.33 bits per heavy atom. The summed E-state index contributed by atoms with van der Waals surface area (Å²) in [7, 11) is -7.61. The minimum absolute atomic E-state index is 0.164. The van der Waals surface area contributed by atoms with Crippen molar-refractivity contribution in [1.29, 1.82) is 0 Å². The van der Waals surface area contributed by atoms with E-state index in [2.05, 4.69) is 4.98 Å². The van der Waals surface area contributed by atoms with Gasteiger partial charge < -0.3 is 0 Å². The Morgan fingerprint density at radius 2 is 1.93 bits per heavy atom. The zero-order chi connectivity index (χ0) is 11.7. The van der Waals surface area contributed by atoms with E-state index in [4.69, 9.17) is 5.14 Å². The molecule has 7 nitrogen and oxygen atoms in total. The molecular weight excluding hydrogens is 242 g/mol. The summed E-state index contributed by atoms with van der Waals surface area (Å²) in [5.41, 5.74) is -0.164. The van der Waals surface area contributed by atoms with Crippen molar-refractivity contribution in [3.63, 3.8) is 0 Å². The van der Waals surface area contributed by atoms with Gasteiger partial charge in [0.25, 0.3) is 10.0 Å². The predicted molar refractivity (Wildman–Crippen MR) is 54.1 cm³/mol. The first kappa shape index (κ1) is 11.9. The molecule has 0 aliphatic carbocycles. The predicted octanol–water partition coefficient (Wildman–Crippen LogP) is -0.899. The number of hydrogen-bond donors (Lipinski definition) is 2. The van der Waals surface area contributed by atoms with Gasteiger partial charge in [0.05, 0.1) is 11.9 Å². The van der Waals surface area contributed by atoms with E-state index in [1.165, 1.54) is 18.3 Å². The second-order valence-corrected chi connectivity index (χ2v) is 6.00. The fourth-order valence-electron chi connectivity index (χ4n) is 0.895. The number of nitrogens with two attached hydrogens (primary N) is 1. The van der Waals surface area contributed by atoms with Crippen LogP contribution in [0.4, 0.5) is 5.69 Å². The number of rotatable bonds is 3. The molecule has 0 aliphatic rings. The van der Waals surface area contributed by atoms with E-state index in [0.29, 0.717) is 0 Å². The van der Waals surface area contributed by atoms with Gasteiger partial charge in [-0.1, -0.05) is 0 Å². The average molecular weight is 251 g/mol. The maximum atomic E-state index is 11.0. The highest BCUT2D eigenvalue weighted by molar-refractivity contribution is 7.92. The molecular formula is C6H9N3O4S2. The molecule has 0 bridgehead atoms. The lowest BCUT2D eigenvalue weighted by Crippen LogP contribution is -2.18. The number of aromatic nitrogens is 1. The molecule has 1 aromatic heterocycles. The smallest absolute Gasteiger partial charge is 0.257 e. The van der Waals surface area contributed by atoms with E-state index in [-0.39, 0.29) is 5.69 Å². The lowest BCUT2D eigenvalue weighted by atomic mass is 10.4. The monoisotopic (exact) mass is 251 g/mol. The van der Waals surface area contributed by atoms with Gasteiger partial charge in [-0.05, 0) is 12.1 Å². The first-order chi connectivity index (χ1) is 6.70. The SMILES string of the molecule is CS(=O)(=O)Nc1cccnc1S(N)(=O)=O. The Kier molecular flexibility index (Phi) is 2.98. The van der Waals surface area contributed by atoms with Crippen LogP contribution >= 0.6 is 0 Å². The second-order valence-electron chi connectivity index (χ2n) is 2.78. The molecule has 1 heterocycles. The van der Waals surface area contributed by atoms with Gasteiger partial charge in [0, 0.05) is 6.20 Å². The molecule has 0 radical (unpaired) electrons. The van der Waals surface area contributed by atoms with Crippen molar-refractivity contribution in [2.75, 3.05) is 11.0 Å². The van der Waals surface area contributed by atoms with Crippen LogP contribution in [0.5, 0.6) is 0 Å². The maximum Gasteiger partial charge on any atom is 0.257 e. The molecule has 0 saturated heterocycles. The highest BCUT2D eigenvalue weighted by atomic mass is 32.2. The van der Waals surface area contributed by atoms with Crippen LogP contribution in [-0.4, -0.2) is 28.1 Å². The Hall–Kier alpha value is -1.19. The normalized spacial score (nSPS) is 12.4. The highest BCUT2D eigenvalue weighted by Gasteiger charge is 2.17. The third kappa shape index (κ3) is 3.46. The van der Waals surface area contributed by atoms with Crippen LogP contribution in [0, 0.1) is 0 Å². The lowest BCUT2D eigenvalue weighted by molar-refractivity contribution is 0.594. The van der Waals surface area contributed by atoms with E-state index in [9.17, 15) is 16.8 Å². The van der Waals surface area contributed by atoms with Crippen molar-refractivity contribution >= 4 is 25.7 Å². The van der Waals surface area contributed by atoms with E-state index in [1.54, 1.807) is 0 Å². The summed E-state index contributed by atoms with van der Waals surface area (Å²) in [6.07, 6.45) is 2.10. The average Bonchev–Trinajstić information content (AvgIpc) is 1.99. The third-order valence-electron chi connectivity index (χ3n) is 1.34. The summed E-state index contributed by atoms with van der Waals surface area (Å²) in [4.78, 5) is 3.49. The first-order valence-electron chi connectivity index (χ1n) is 3.66. The first-order valence-corrected chi connectivity index (χ1v) is 7.09. The van der Waals surface area contributed by atoms with Crippen molar-refractivity contribution in [3.05, 3.63) is 18.3 Å². The third-order valence-corrected chi connectivity index (χ3v) is 2.79. The lowest BCUT2D eigenvalue weighted by Gasteiger charge is -2.06. The van der Waals surface area contributed by atoms with Crippen molar-refractivity contribution in [2.24, 2.45) is 5.14 Å². The van der Waals surface area contributed by atoms with Crippen molar-refractivity contribution < 1.29 is 16.8 Å². The molecule has 0 amide bonds. The molecule has 1 aromatic rings. The summed E-state index contributed by atoms with van der Waals surface area (Å²) in [5.74, 6) is 0. The number of primary sulfonamides is 1. The van der Waals surface area contributed by atoms with E-state index in [0.717, 1.165) is 6.26 Å². The molecule has 3 N–H and O–H groups in total. The summed E-state index contributed by atoms with van der Waals surface area (Å²) in [5, 5.41) is 4.35. The Morgan fingerprint density at radius 3 is 2.40 bits per heavy atom. The van der Waals surface area contributed by atoms with Gasteiger partial charge >= 0.3 is 0 Å². The van der Waals surface area contributed by atoms with Gasteiger partial charge in [0.2, 0.25) is 10.0 Å². The fourth-order valence-corrected chi connectivity index (χ4v) is 2.16. The van der Waals surface area contributed by atoms with Crippen LogP contribution in [0.25, 0.3) is 0 Å². The zero-order valence-corrected chi connectivity index (χ0v) is 9.34. The van der Waals surface area contributed by atoms with Gasteiger partial charge in [-0.15, -0.1) is 0 Å². The molecule has 9 heteroatoms. The standard InChI is InChI=1S/C6H9N3O4S2/c1-14(10,11)9-5-3-2-4-8-6(5)15(7,12)13/h2-4,9H,1H3,(H2,7,12,13). The molecule has 0 saturated carbocycles. The number of nitrogens with zero attached hydrogens (tertiary/aromatic N) is 1. The Bertz CT molecular complexity index is 564.